The first-order valence-corrected chi connectivity index (χ1v) is 9.84. The average molecular weight is 404 g/mol. The summed E-state index contributed by atoms with van der Waals surface area (Å²) in [4.78, 5) is 19.0. The van der Waals surface area contributed by atoms with Crippen LogP contribution in [0.25, 0.3) is 11.4 Å². The maximum Gasteiger partial charge on any atom is 0.266 e. The summed E-state index contributed by atoms with van der Waals surface area (Å²) < 4.78 is 11.2. The number of nitrogens with zero attached hydrogens (tertiary/aromatic N) is 3. The van der Waals surface area contributed by atoms with Crippen LogP contribution in [0.3, 0.4) is 0 Å². The summed E-state index contributed by atoms with van der Waals surface area (Å²) in [6.45, 7) is 4.60. The molecule has 1 aliphatic rings. The van der Waals surface area contributed by atoms with Gasteiger partial charge in [-0.05, 0) is 49.6 Å². The zero-order chi connectivity index (χ0) is 19.0. The monoisotopic (exact) mass is 403 g/mol. The van der Waals surface area contributed by atoms with E-state index in [0.717, 1.165) is 5.56 Å². The molecule has 0 saturated carbocycles. The highest BCUT2D eigenvalue weighted by Crippen LogP contribution is 2.31. The first-order chi connectivity index (χ1) is 12.9. The highest BCUT2D eigenvalue weighted by molar-refractivity contribution is 7.08. The van der Waals surface area contributed by atoms with Crippen LogP contribution in [0.15, 0.2) is 45.6 Å². The van der Waals surface area contributed by atoms with E-state index >= 15 is 0 Å². The fraction of sp³-hybridized carbons (Fsp3) is 0.316. The van der Waals surface area contributed by atoms with Crippen LogP contribution in [-0.2, 0) is 4.79 Å². The molecule has 0 radical (unpaired) electrons. The Bertz CT molecular complexity index is 932. The summed E-state index contributed by atoms with van der Waals surface area (Å²) in [5.41, 5.74) is -0.0325. The standard InChI is InChI=1S/C19H18ClN3O3S/c1-19(2,25-15-5-3-14(20)4-6-15)18(24)23-9-13(10-23)17-21-16(22-26-17)12-7-8-27-11-12/h3-8,11,13H,9-10H2,1-2H3. The number of aromatic nitrogens is 2. The summed E-state index contributed by atoms with van der Waals surface area (Å²) in [5.74, 6) is 1.73. The van der Waals surface area contributed by atoms with Gasteiger partial charge in [-0.3, -0.25) is 4.79 Å². The highest BCUT2D eigenvalue weighted by atomic mass is 35.5. The van der Waals surface area contributed by atoms with Crippen LogP contribution in [0, 0.1) is 0 Å². The van der Waals surface area contributed by atoms with Crippen LogP contribution in [0.4, 0.5) is 0 Å². The minimum absolute atomic E-state index is 0.0557. The minimum Gasteiger partial charge on any atom is -0.478 e. The highest BCUT2D eigenvalue weighted by Gasteiger charge is 2.42. The van der Waals surface area contributed by atoms with E-state index in [9.17, 15) is 4.79 Å². The quantitative estimate of drug-likeness (QED) is 0.637. The number of benzene rings is 1. The third-order valence-electron chi connectivity index (χ3n) is 4.44. The van der Waals surface area contributed by atoms with Crippen molar-refractivity contribution >= 4 is 28.8 Å². The number of ether oxygens (including phenoxy) is 1. The van der Waals surface area contributed by atoms with Gasteiger partial charge in [-0.15, -0.1) is 0 Å². The third kappa shape index (κ3) is 3.70. The van der Waals surface area contributed by atoms with Gasteiger partial charge in [0.05, 0.1) is 5.92 Å². The van der Waals surface area contributed by atoms with Gasteiger partial charge in [0.1, 0.15) is 5.75 Å². The third-order valence-corrected chi connectivity index (χ3v) is 5.38. The first kappa shape index (κ1) is 18.0. The molecule has 27 heavy (non-hydrogen) atoms. The molecule has 0 atom stereocenters. The Morgan fingerprint density at radius 1 is 1.30 bits per heavy atom. The van der Waals surface area contributed by atoms with Crippen LogP contribution >= 0.6 is 22.9 Å². The maximum absolute atomic E-state index is 12.8. The molecule has 0 N–H and O–H groups in total. The number of carbonyl (C=O) groups is 1. The number of likely N-dealkylation sites (tertiary alicyclic amines) is 1. The summed E-state index contributed by atoms with van der Waals surface area (Å²) in [7, 11) is 0. The molecule has 3 heterocycles. The van der Waals surface area contributed by atoms with Gasteiger partial charge in [0.25, 0.3) is 5.91 Å². The smallest absolute Gasteiger partial charge is 0.266 e. The molecule has 0 bridgehead atoms. The van der Waals surface area contributed by atoms with Crippen molar-refractivity contribution in [2.45, 2.75) is 25.4 Å². The van der Waals surface area contributed by atoms with Gasteiger partial charge in [0.2, 0.25) is 11.7 Å². The van der Waals surface area contributed by atoms with Crippen LogP contribution in [0.1, 0.15) is 25.7 Å². The molecule has 8 heteroatoms. The van der Waals surface area contributed by atoms with Crippen molar-refractivity contribution in [3.05, 3.63) is 52.0 Å². The van der Waals surface area contributed by atoms with E-state index in [2.05, 4.69) is 10.1 Å². The lowest BCUT2D eigenvalue weighted by molar-refractivity contribution is -0.150. The summed E-state index contributed by atoms with van der Waals surface area (Å²) in [6, 6.07) is 8.92. The molecule has 4 rings (SSSR count). The summed E-state index contributed by atoms with van der Waals surface area (Å²) in [6.07, 6.45) is 0. The lowest BCUT2D eigenvalue weighted by atomic mass is 9.96. The first-order valence-electron chi connectivity index (χ1n) is 8.52. The zero-order valence-electron chi connectivity index (χ0n) is 14.9. The van der Waals surface area contributed by atoms with Crippen molar-refractivity contribution in [2.75, 3.05) is 13.1 Å². The van der Waals surface area contributed by atoms with Crippen LogP contribution in [-0.4, -0.2) is 39.6 Å². The van der Waals surface area contributed by atoms with E-state index < -0.39 is 5.60 Å². The number of thiophene rings is 1. The molecule has 0 aliphatic carbocycles. The number of hydrogen-bond acceptors (Lipinski definition) is 6. The second-order valence-corrected chi connectivity index (χ2v) is 8.16. The molecule has 3 aromatic rings. The van der Waals surface area contributed by atoms with Crippen molar-refractivity contribution in [2.24, 2.45) is 0 Å². The van der Waals surface area contributed by atoms with Crippen LogP contribution in [0.5, 0.6) is 5.75 Å². The van der Waals surface area contributed by atoms with Gasteiger partial charge >= 0.3 is 0 Å². The van der Waals surface area contributed by atoms with Gasteiger partial charge in [0.15, 0.2) is 5.60 Å². The molecule has 0 unspecified atom stereocenters. The predicted octanol–water partition coefficient (Wildman–Crippen LogP) is 4.23. The number of rotatable bonds is 5. The molecule has 1 aromatic carbocycles. The fourth-order valence-electron chi connectivity index (χ4n) is 2.93. The van der Waals surface area contributed by atoms with Gasteiger partial charge in [-0.2, -0.15) is 16.3 Å². The topological polar surface area (TPSA) is 68.5 Å². The van der Waals surface area contributed by atoms with E-state index in [1.165, 1.54) is 0 Å². The van der Waals surface area contributed by atoms with Gasteiger partial charge in [0, 0.05) is 29.1 Å². The van der Waals surface area contributed by atoms with Gasteiger partial charge < -0.3 is 14.2 Å². The molecule has 2 aromatic heterocycles. The summed E-state index contributed by atoms with van der Waals surface area (Å²) in [5, 5.41) is 8.59. The second-order valence-electron chi connectivity index (χ2n) is 6.94. The Hall–Kier alpha value is -2.38. The maximum atomic E-state index is 12.8. The SMILES string of the molecule is CC(C)(Oc1ccc(Cl)cc1)C(=O)N1CC(c2nc(-c3ccsc3)no2)C1. The molecule has 6 nitrogen and oxygen atoms in total. The Morgan fingerprint density at radius 2 is 2.04 bits per heavy atom. The molecule has 1 fully saturated rings. The van der Waals surface area contributed by atoms with Crippen LogP contribution in [0.2, 0.25) is 5.02 Å². The lowest BCUT2D eigenvalue weighted by Crippen LogP contribution is -2.57. The molecule has 1 amide bonds. The normalized spacial score (nSPS) is 14.9. The lowest BCUT2D eigenvalue weighted by Gasteiger charge is -2.41. The van der Waals surface area contributed by atoms with E-state index in [0.29, 0.717) is 35.6 Å². The van der Waals surface area contributed by atoms with Crippen molar-refractivity contribution in [1.29, 1.82) is 0 Å². The number of carbonyl (C=O) groups excluding carboxylic acids is 1. The number of amides is 1. The molecular weight excluding hydrogens is 386 g/mol. The van der Waals surface area contributed by atoms with Crippen molar-refractivity contribution < 1.29 is 14.1 Å². The average Bonchev–Trinajstić information content (AvgIpc) is 3.26. The molecule has 1 saturated heterocycles. The van der Waals surface area contributed by atoms with Gasteiger partial charge in [-0.1, -0.05) is 16.8 Å². The van der Waals surface area contributed by atoms with Crippen molar-refractivity contribution in [3.8, 4) is 17.1 Å². The Labute approximate surface area is 165 Å². The van der Waals surface area contributed by atoms with Crippen molar-refractivity contribution in [3.63, 3.8) is 0 Å². The Balaban J connectivity index is 1.37. The summed E-state index contributed by atoms with van der Waals surface area (Å²) >= 11 is 7.47. The molecular formula is C19H18ClN3O3S. The number of halogens is 1. The second kappa shape index (κ2) is 6.98. The van der Waals surface area contributed by atoms with E-state index in [4.69, 9.17) is 20.9 Å². The predicted molar refractivity (Wildman–Crippen MR) is 103 cm³/mol. The van der Waals surface area contributed by atoms with Gasteiger partial charge in [-0.25, -0.2) is 0 Å². The fourth-order valence-corrected chi connectivity index (χ4v) is 3.69. The Morgan fingerprint density at radius 3 is 2.70 bits per heavy atom. The van der Waals surface area contributed by atoms with E-state index in [1.807, 2.05) is 16.8 Å². The Kier molecular flexibility index (Phi) is 4.65. The zero-order valence-corrected chi connectivity index (χ0v) is 16.5. The molecule has 1 aliphatic heterocycles. The van der Waals surface area contributed by atoms with E-state index in [-0.39, 0.29) is 11.8 Å². The molecule has 0 spiro atoms. The minimum atomic E-state index is -0.977. The van der Waals surface area contributed by atoms with Crippen LogP contribution < -0.4 is 4.74 Å². The largest absolute Gasteiger partial charge is 0.478 e. The number of hydrogen-bond donors (Lipinski definition) is 0. The molecule has 140 valence electrons. The van der Waals surface area contributed by atoms with Crippen molar-refractivity contribution in [1.82, 2.24) is 15.0 Å². The van der Waals surface area contributed by atoms with E-state index in [1.54, 1.807) is 54.3 Å².